The van der Waals surface area contributed by atoms with Crippen molar-refractivity contribution in [3.63, 3.8) is 0 Å². The van der Waals surface area contributed by atoms with Crippen LogP contribution in [-0.2, 0) is 24.7 Å². The topological polar surface area (TPSA) is 117 Å². The summed E-state index contributed by atoms with van der Waals surface area (Å²) in [4.78, 5) is 27.6. The van der Waals surface area contributed by atoms with Crippen molar-refractivity contribution < 1.29 is 23.4 Å². The largest absolute Gasteiger partial charge is 0.492 e. The Bertz CT molecular complexity index is 1530. The Kier molecular flexibility index (Phi) is 9.98. The number of carboxylic acids is 1. The minimum absolute atomic E-state index is 0.116. The van der Waals surface area contributed by atoms with Crippen LogP contribution in [0.3, 0.4) is 0 Å². The molecule has 0 saturated carbocycles. The molecule has 0 fully saturated rings. The normalized spacial score (nSPS) is 13.5. The number of carboxylic acid groups (broad SMARTS) is 1. The van der Waals surface area contributed by atoms with Crippen LogP contribution in [0, 0.1) is 11.6 Å². The number of fused-ring (bicyclic) bond motifs is 2. The van der Waals surface area contributed by atoms with Crippen LogP contribution in [0.15, 0.2) is 48.9 Å². The Hall–Kier alpha value is -4.32. The number of halogens is 2. The number of aromatic nitrogens is 4. The maximum atomic E-state index is 13.6. The summed E-state index contributed by atoms with van der Waals surface area (Å²) in [6, 6.07) is 8.30. The second-order valence-electron chi connectivity index (χ2n) is 10.8. The summed E-state index contributed by atoms with van der Waals surface area (Å²) in [5.41, 5.74) is 3.01. The van der Waals surface area contributed by atoms with Crippen LogP contribution in [0.4, 0.5) is 20.4 Å². The molecule has 12 heteroatoms. The molecular formula is C31H37F2N7O3. The summed E-state index contributed by atoms with van der Waals surface area (Å²) < 4.78 is 34.7. The molecule has 0 aliphatic carbocycles. The van der Waals surface area contributed by atoms with Crippen LogP contribution in [0.5, 0.6) is 5.75 Å². The Labute approximate surface area is 249 Å². The fraction of sp³-hybridized carbons (Fsp3) is 0.419. The fourth-order valence-corrected chi connectivity index (χ4v) is 5.32. The Balaban J connectivity index is 1.19. The lowest BCUT2D eigenvalue weighted by Gasteiger charge is -2.25. The van der Waals surface area contributed by atoms with Gasteiger partial charge in [-0.3, -0.25) is 4.90 Å². The fourth-order valence-electron chi connectivity index (χ4n) is 5.32. The SMILES string of the molecule is Cn1ccc2c(N[C@@H](CCN(CCCCc3ccc4c(n3)NCCC4)CCOc3cc(F)cc(F)c3)C(=O)O)ncnc21. The zero-order chi connectivity index (χ0) is 30.2. The lowest BCUT2D eigenvalue weighted by atomic mass is 10.1. The number of unbranched alkanes of at least 4 members (excludes halogenated alkanes) is 1. The van der Waals surface area contributed by atoms with E-state index in [0.717, 1.165) is 73.7 Å². The Morgan fingerprint density at radius 1 is 1.14 bits per heavy atom. The number of benzene rings is 1. The van der Waals surface area contributed by atoms with Crippen LogP contribution in [0.1, 0.15) is 36.9 Å². The molecule has 4 aromatic rings. The van der Waals surface area contributed by atoms with E-state index >= 15 is 0 Å². The molecular weight excluding hydrogens is 556 g/mol. The first-order valence-electron chi connectivity index (χ1n) is 14.6. The summed E-state index contributed by atoms with van der Waals surface area (Å²) in [6.45, 7) is 2.77. The molecule has 5 rings (SSSR count). The van der Waals surface area contributed by atoms with Gasteiger partial charge in [-0.2, -0.15) is 0 Å². The van der Waals surface area contributed by atoms with E-state index in [1.54, 1.807) is 0 Å². The van der Waals surface area contributed by atoms with Gasteiger partial charge in [-0.15, -0.1) is 0 Å². The van der Waals surface area contributed by atoms with Gasteiger partial charge in [0.15, 0.2) is 0 Å². The summed E-state index contributed by atoms with van der Waals surface area (Å²) >= 11 is 0. The molecule has 10 nitrogen and oxygen atoms in total. The van der Waals surface area contributed by atoms with Crippen molar-refractivity contribution in [1.29, 1.82) is 0 Å². The van der Waals surface area contributed by atoms with Gasteiger partial charge in [0.1, 0.15) is 53.6 Å². The maximum absolute atomic E-state index is 13.6. The van der Waals surface area contributed by atoms with Crippen molar-refractivity contribution in [3.8, 4) is 5.75 Å². The van der Waals surface area contributed by atoms with Crippen molar-refractivity contribution >= 4 is 28.6 Å². The van der Waals surface area contributed by atoms with E-state index in [1.165, 1.54) is 11.9 Å². The number of nitrogens with zero attached hydrogens (tertiary/aromatic N) is 5. The molecule has 3 N–H and O–H groups in total. The van der Waals surface area contributed by atoms with E-state index in [4.69, 9.17) is 9.72 Å². The van der Waals surface area contributed by atoms with Crippen LogP contribution in [0.2, 0.25) is 0 Å². The predicted octanol–water partition coefficient (Wildman–Crippen LogP) is 4.66. The standard InChI is InChI=1S/C31H37F2N7O3/c1-39-13-9-26-29(35-20-36-30(26)39)38-27(31(41)42)10-14-40(15-16-43-25-18-22(32)17-23(33)19-25)12-3-2-6-24-8-7-21-5-4-11-34-28(21)37-24/h7-9,13,17-20,27H,2-6,10-12,14-16H2,1H3,(H,34,37)(H,41,42)(H,35,36,38)/t27-/m0/s1. The van der Waals surface area contributed by atoms with E-state index in [9.17, 15) is 18.7 Å². The average molecular weight is 594 g/mol. The minimum atomic E-state index is -0.985. The van der Waals surface area contributed by atoms with Crippen molar-refractivity contribution in [1.82, 2.24) is 24.4 Å². The number of ether oxygens (including phenoxy) is 1. The number of aliphatic carboxylic acids is 1. The number of carbonyl (C=O) groups is 1. The second kappa shape index (κ2) is 14.2. The average Bonchev–Trinajstić information content (AvgIpc) is 3.37. The highest BCUT2D eigenvalue weighted by atomic mass is 19.1. The molecule has 43 heavy (non-hydrogen) atoms. The molecule has 3 aromatic heterocycles. The number of hydrogen-bond donors (Lipinski definition) is 3. The minimum Gasteiger partial charge on any atom is -0.492 e. The quantitative estimate of drug-likeness (QED) is 0.169. The monoisotopic (exact) mass is 593 g/mol. The van der Waals surface area contributed by atoms with E-state index in [-0.39, 0.29) is 12.4 Å². The van der Waals surface area contributed by atoms with E-state index in [1.807, 2.05) is 23.9 Å². The molecule has 0 bridgehead atoms. The van der Waals surface area contributed by atoms with Crippen molar-refractivity contribution in [3.05, 3.63) is 71.8 Å². The van der Waals surface area contributed by atoms with Crippen molar-refractivity contribution in [2.75, 3.05) is 43.4 Å². The number of rotatable bonds is 15. The van der Waals surface area contributed by atoms with Crippen LogP contribution >= 0.6 is 0 Å². The summed E-state index contributed by atoms with van der Waals surface area (Å²) in [6.07, 6.45) is 8.35. The van der Waals surface area contributed by atoms with Crippen LogP contribution in [0.25, 0.3) is 11.0 Å². The first kappa shape index (κ1) is 30.1. The van der Waals surface area contributed by atoms with Gasteiger partial charge in [-0.05, 0) is 62.8 Å². The first-order chi connectivity index (χ1) is 20.9. The Morgan fingerprint density at radius 2 is 1.98 bits per heavy atom. The zero-order valence-electron chi connectivity index (χ0n) is 24.2. The molecule has 1 aliphatic heterocycles. The lowest BCUT2D eigenvalue weighted by Crippen LogP contribution is -2.37. The van der Waals surface area contributed by atoms with Gasteiger partial charge in [0, 0.05) is 56.8 Å². The summed E-state index contributed by atoms with van der Waals surface area (Å²) in [5.74, 6) is -0.824. The number of anilines is 2. The number of pyridine rings is 1. The molecule has 1 atom stereocenters. The highest BCUT2D eigenvalue weighted by molar-refractivity contribution is 5.89. The third-order valence-corrected chi connectivity index (χ3v) is 7.63. The second-order valence-corrected chi connectivity index (χ2v) is 10.8. The third-order valence-electron chi connectivity index (χ3n) is 7.63. The van der Waals surface area contributed by atoms with Gasteiger partial charge < -0.3 is 25.0 Å². The summed E-state index contributed by atoms with van der Waals surface area (Å²) in [5, 5.41) is 17.2. The number of nitrogens with one attached hydrogen (secondary N) is 2. The smallest absolute Gasteiger partial charge is 0.326 e. The molecule has 0 unspecified atom stereocenters. The Morgan fingerprint density at radius 3 is 2.79 bits per heavy atom. The maximum Gasteiger partial charge on any atom is 0.326 e. The van der Waals surface area contributed by atoms with E-state index in [2.05, 4.69) is 37.6 Å². The molecule has 1 aliphatic rings. The van der Waals surface area contributed by atoms with Gasteiger partial charge in [-0.25, -0.2) is 28.5 Å². The zero-order valence-corrected chi connectivity index (χ0v) is 24.2. The van der Waals surface area contributed by atoms with Gasteiger partial charge in [0.05, 0.1) is 5.39 Å². The van der Waals surface area contributed by atoms with E-state index < -0.39 is 23.6 Å². The van der Waals surface area contributed by atoms with E-state index in [0.29, 0.717) is 37.5 Å². The molecule has 4 heterocycles. The molecule has 1 aromatic carbocycles. The number of aryl methyl sites for hydroxylation is 3. The van der Waals surface area contributed by atoms with Crippen molar-refractivity contribution in [2.45, 2.75) is 44.6 Å². The third kappa shape index (κ3) is 8.16. The van der Waals surface area contributed by atoms with Crippen LogP contribution < -0.4 is 15.4 Å². The predicted molar refractivity (Wildman–Crippen MR) is 160 cm³/mol. The molecule has 0 saturated heterocycles. The highest BCUT2D eigenvalue weighted by Gasteiger charge is 2.21. The molecule has 0 spiro atoms. The molecule has 0 amide bonds. The van der Waals surface area contributed by atoms with Gasteiger partial charge in [0.2, 0.25) is 0 Å². The lowest BCUT2D eigenvalue weighted by molar-refractivity contribution is -0.138. The summed E-state index contributed by atoms with van der Waals surface area (Å²) in [7, 11) is 1.87. The van der Waals surface area contributed by atoms with Crippen molar-refractivity contribution in [2.24, 2.45) is 7.05 Å². The highest BCUT2D eigenvalue weighted by Crippen LogP contribution is 2.22. The first-order valence-corrected chi connectivity index (χ1v) is 14.6. The van der Waals surface area contributed by atoms with Gasteiger partial charge in [0.25, 0.3) is 0 Å². The molecule has 228 valence electrons. The van der Waals surface area contributed by atoms with Gasteiger partial charge >= 0.3 is 5.97 Å². The molecule has 0 radical (unpaired) electrons. The van der Waals surface area contributed by atoms with Gasteiger partial charge in [-0.1, -0.05) is 6.07 Å². The number of hydrogen-bond acceptors (Lipinski definition) is 8. The van der Waals surface area contributed by atoms with Crippen LogP contribution in [-0.4, -0.2) is 74.3 Å².